The Morgan fingerprint density at radius 1 is 1.33 bits per heavy atom. The van der Waals surface area contributed by atoms with Gasteiger partial charge in [-0.05, 0) is 31.1 Å². The van der Waals surface area contributed by atoms with Gasteiger partial charge >= 0.3 is 0 Å². The fraction of sp³-hybridized carbons (Fsp3) is 0.750. The highest BCUT2D eigenvalue weighted by Crippen LogP contribution is 2.30. The van der Waals surface area contributed by atoms with Gasteiger partial charge in [-0.1, -0.05) is 13.8 Å². The van der Waals surface area contributed by atoms with Gasteiger partial charge in [-0.25, -0.2) is 0 Å². The van der Waals surface area contributed by atoms with Crippen LogP contribution in [0.25, 0.3) is 0 Å². The summed E-state index contributed by atoms with van der Waals surface area (Å²) in [6.07, 6.45) is 7.88. The van der Waals surface area contributed by atoms with Gasteiger partial charge in [0.25, 0.3) is 0 Å². The van der Waals surface area contributed by atoms with Gasteiger partial charge in [-0.3, -0.25) is 4.68 Å². The molecule has 1 saturated carbocycles. The molecule has 0 bridgehead atoms. The quantitative estimate of drug-likeness (QED) is 0.808. The lowest BCUT2D eigenvalue weighted by Crippen LogP contribution is -2.30. The molecular weight excluding hydrogens is 186 g/mol. The molecule has 0 aromatic carbocycles. The van der Waals surface area contributed by atoms with Gasteiger partial charge in [0.1, 0.15) is 0 Å². The molecule has 84 valence electrons. The molecule has 1 heterocycles. The summed E-state index contributed by atoms with van der Waals surface area (Å²) in [6.45, 7) is 4.73. The second kappa shape index (κ2) is 4.25. The number of nitrogens with zero attached hydrogens (tertiary/aromatic N) is 2. The van der Waals surface area contributed by atoms with Crippen molar-refractivity contribution < 1.29 is 0 Å². The molecule has 1 aromatic rings. The van der Waals surface area contributed by atoms with Crippen molar-refractivity contribution in [3.8, 4) is 0 Å². The van der Waals surface area contributed by atoms with Crippen LogP contribution in [0, 0.1) is 11.8 Å². The van der Waals surface area contributed by atoms with Gasteiger partial charge in [0.15, 0.2) is 0 Å². The monoisotopic (exact) mass is 207 g/mol. The zero-order chi connectivity index (χ0) is 10.8. The van der Waals surface area contributed by atoms with Crippen LogP contribution in [0.4, 0.5) is 5.69 Å². The number of anilines is 1. The summed E-state index contributed by atoms with van der Waals surface area (Å²) in [7, 11) is 1.96. The molecular formula is C12H21N3. The Morgan fingerprint density at radius 3 is 2.73 bits per heavy atom. The van der Waals surface area contributed by atoms with Crippen LogP contribution in [-0.2, 0) is 7.05 Å². The molecule has 2 rings (SSSR count). The van der Waals surface area contributed by atoms with E-state index in [1.807, 2.05) is 24.1 Å². The molecule has 0 saturated heterocycles. The maximum Gasteiger partial charge on any atom is 0.0728 e. The van der Waals surface area contributed by atoms with E-state index in [1.54, 1.807) is 0 Å². The Kier molecular flexibility index (Phi) is 2.98. The maximum absolute atomic E-state index is 4.17. The molecule has 3 heteroatoms. The first kappa shape index (κ1) is 10.5. The summed E-state index contributed by atoms with van der Waals surface area (Å²) >= 11 is 0. The van der Waals surface area contributed by atoms with E-state index in [2.05, 4.69) is 24.3 Å². The summed E-state index contributed by atoms with van der Waals surface area (Å²) in [4.78, 5) is 0. The van der Waals surface area contributed by atoms with Gasteiger partial charge in [0.2, 0.25) is 0 Å². The summed E-state index contributed by atoms with van der Waals surface area (Å²) in [5.74, 6) is 1.73. The predicted molar refractivity (Wildman–Crippen MR) is 62.8 cm³/mol. The Morgan fingerprint density at radius 2 is 2.13 bits per heavy atom. The van der Waals surface area contributed by atoms with Crippen molar-refractivity contribution in [2.45, 2.75) is 39.2 Å². The smallest absolute Gasteiger partial charge is 0.0728 e. The highest BCUT2D eigenvalue weighted by Gasteiger charge is 2.24. The Balaban J connectivity index is 1.90. The fourth-order valence-corrected chi connectivity index (χ4v) is 2.41. The zero-order valence-electron chi connectivity index (χ0n) is 9.90. The van der Waals surface area contributed by atoms with Crippen molar-refractivity contribution in [3.05, 3.63) is 12.4 Å². The molecule has 1 aliphatic carbocycles. The summed E-state index contributed by atoms with van der Waals surface area (Å²) < 4.78 is 1.84. The molecule has 3 nitrogen and oxygen atoms in total. The highest BCUT2D eigenvalue weighted by molar-refractivity contribution is 5.39. The van der Waals surface area contributed by atoms with Gasteiger partial charge in [-0.2, -0.15) is 5.10 Å². The largest absolute Gasteiger partial charge is 0.380 e. The van der Waals surface area contributed by atoms with Crippen molar-refractivity contribution in [1.29, 1.82) is 0 Å². The molecule has 0 aliphatic heterocycles. The predicted octanol–water partition coefficient (Wildman–Crippen LogP) is 2.66. The average molecular weight is 207 g/mol. The SMILES string of the molecule is C[C@@H]1CC[C@@H](Nc2cnn(C)c2)C[C@H]1C. The third kappa shape index (κ3) is 2.52. The van der Waals surface area contributed by atoms with E-state index in [-0.39, 0.29) is 0 Å². The minimum atomic E-state index is 0.639. The van der Waals surface area contributed by atoms with Crippen molar-refractivity contribution in [2.24, 2.45) is 18.9 Å². The summed E-state index contributed by atoms with van der Waals surface area (Å²) in [6, 6.07) is 0.639. The van der Waals surface area contributed by atoms with Crippen LogP contribution in [0.1, 0.15) is 33.1 Å². The Hall–Kier alpha value is -0.990. The first-order valence-corrected chi connectivity index (χ1v) is 5.90. The molecule has 0 spiro atoms. The van der Waals surface area contributed by atoms with E-state index in [4.69, 9.17) is 0 Å². The Labute approximate surface area is 91.9 Å². The van der Waals surface area contributed by atoms with E-state index in [0.29, 0.717) is 6.04 Å². The van der Waals surface area contributed by atoms with E-state index in [9.17, 15) is 0 Å². The lowest BCUT2D eigenvalue weighted by atomic mass is 9.79. The third-order valence-electron chi connectivity index (χ3n) is 3.67. The molecule has 1 N–H and O–H groups in total. The van der Waals surface area contributed by atoms with Crippen molar-refractivity contribution in [3.63, 3.8) is 0 Å². The number of hydrogen-bond donors (Lipinski definition) is 1. The zero-order valence-corrected chi connectivity index (χ0v) is 9.90. The summed E-state index contributed by atoms with van der Waals surface area (Å²) in [5, 5.41) is 7.74. The minimum Gasteiger partial charge on any atom is -0.380 e. The molecule has 1 aromatic heterocycles. The minimum absolute atomic E-state index is 0.639. The molecule has 0 unspecified atom stereocenters. The van der Waals surface area contributed by atoms with Crippen LogP contribution >= 0.6 is 0 Å². The third-order valence-corrected chi connectivity index (χ3v) is 3.67. The topological polar surface area (TPSA) is 29.9 Å². The van der Waals surface area contributed by atoms with Crippen LogP contribution in [0.3, 0.4) is 0 Å². The first-order valence-electron chi connectivity index (χ1n) is 5.90. The van der Waals surface area contributed by atoms with E-state index in [0.717, 1.165) is 17.5 Å². The average Bonchev–Trinajstić information content (AvgIpc) is 2.58. The van der Waals surface area contributed by atoms with Crippen LogP contribution in [0.5, 0.6) is 0 Å². The van der Waals surface area contributed by atoms with Crippen LogP contribution in [0.15, 0.2) is 12.4 Å². The molecule has 15 heavy (non-hydrogen) atoms. The van der Waals surface area contributed by atoms with Crippen LogP contribution in [0.2, 0.25) is 0 Å². The van der Waals surface area contributed by atoms with E-state index >= 15 is 0 Å². The number of aryl methyl sites for hydroxylation is 1. The molecule has 3 atom stereocenters. The fourth-order valence-electron chi connectivity index (χ4n) is 2.41. The molecule has 0 radical (unpaired) electrons. The number of hydrogen-bond acceptors (Lipinski definition) is 2. The number of nitrogens with one attached hydrogen (secondary N) is 1. The van der Waals surface area contributed by atoms with Gasteiger partial charge < -0.3 is 5.32 Å². The van der Waals surface area contributed by atoms with Crippen LogP contribution < -0.4 is 5.32 Å². The van der Waals surface area contributed by atoms with Gasteiger partial charge in [0, 0.05) is 19.3 Å². The van der Waals surface area contributed by atoms with Gasteiger partial charge in [-0.15, -0.1) is 0 Å². The molecule has 1 fully saturated rings. The van der Waals surface area contributed by atoms with Crippen molar-refractivity contribution in [1.82, 2.24) is 9.78 Å². The van der Waals surface area contributed by atoms with E-state index < -0.39 is 0 Å². The van der Waals surface area contributed by atoms with Crippen molar-refractivity contribution >= 4 is 5.69 Å². The lowest BCUT2D eigenvalue weighted by molar-refractivity contribution is 0.261. The van der Waals surface area contributed by atoms with Crippen LogP contribution in [-0.4, -0.2) is 15.8 Å². The second-order valence-corrected chi connectivity index (χ2v) is 5.01. The maximum atomic E-state index is 4.17. The van der Waals surface area contributed by atoms with E-state index in [1.165, 1.54) is 19.3 Å². The number of aromatic nitrogens is 2. The lowest BCUT2D eigenvalue weighted by Gasteiger charge is -2.32. The van der Waals surface area contributed by atoms with Crippen molar-refractivity contribution in [2.75, 3.05) is 5.32 Å². The normalized spacial score (nSPS) is 31.5. The standard InChI is InChI=1S/C12H21N3/c1-9-4-5-11(6-10(9)2)14-12-7-13-15(3)8-12/h7-11,14H,4-6H2,1-3H3/t9-,10-,11-/m1/s1. The Bertz CT molecular complexity index is 318. The first-order chi connectivity index (χ1) is 7.15. The number of rotatable bonds is 2. The summed E-state index contributed by atoms with van der Waals surface area (Å²) in [5.41, 5.74) is 1.16. The van der Waals surface area contributed by atoms with Gasteiger partial charge in [0.05, 0.1) is 11.9 Å². The molecule has 0 amide bonds. The second-order valence-electron chi connectivity index (χ2n) is 5.01. The highest BCUT2D eigenvalue weighted by atomic mass is 15.3. The molecule has 1 aliphatic rings.